The van der Waals surface area contributed by atoms with Crippen molar-refractivity contribution in [1.82, 2.24) is 0 Å². The Balaban J connectivity index is 2.94. The smallest absolute Gasteiger partial charge is 0.0783 e. The summed E-state index contributed by atoms with van der Waals surface area (Å²) in [5, 5.41) is 9.70. The maximum atomic E-state index is 9.70. The summed E-state index contributed by atoms with van der Waals surface area (Å²) in [4.78, 5) is 0. The second kappa shape index (κ2) is 3.83. The Morgan fingerprint density at radius 2 is 1.86 bits per heavy atom. The van der Waals surface area contributed by atoms with Crippen molar-refractivity contribution in [3.63, 3.8) is 0 Å². The van der Waals surface area contributed by atoms with Crippen LogP contribution in [0.2, 0.25) is 0 Å². The summed E-state index contributed by atoms with van der Waals surface area (Å²) in [5.74, 6) is 2.53. The van der Waals surface area contributed by atoms with Crippen LogP contribution in [0.3, 0.4) is 0 Å². The van der Waals surface area contributed by atoms with Crippen molar-refractivity contribution in [1.29, 1.82) is 0 Å². The standard InChI is InChI=1S/C12H15NO/c1-4-9-5-7-10(8-6-9)11(13)12(2,3)14/h1,5-8,11,14H,13H2,2-3H3/t11-/m0/s1. The van der Waals surface area contributed by atoms with E-state index in [-0.39, 0.29) is 0 Å². The molecule has 1 aromatic rings. The molecule has 3 N–H and O–H groups in total. The van der Waals surface area contributed by atoms with Gasteiger partial charge >= 0.3 is 0 Å². The predicted octanol–water partition coefficient (Wildman–Crippen LogP) is 1.44. The van der Waals surface area contributed by atoms with Gasteiger partial charge in [-0.1, -0.05) is 18.1 Å². The number of benzene rings is 1. The predicted molar refractivity (Wildman–Crippen MR) is 57.6 cm³/mol. The summed E-state index contributed by atoms with van der Waals surface area (Å²) in [6, 6.07) is 6.94. The Morgan fingerprint density at radius 1 is 1.36 bits per heavy atom. The van der Waals surface area contributed by atoms with Gasteiger partial charge in [-0.2, -0.15) is 0 Å². The van der Waals surface area contributed by atoms with Crippen LogP contribution in [0.15, 0.2) is 24.3 Å². The highest BCUT2D eigenvalue weighted by Gasteiger charge is 2.24. The minimum atomic E-state index is -0.919. The molecule has 1 aromatic carbocycles. The van der Waals surface area contributed by atoms with Gasteiger partial charge in [-0.3, -0.25) is 0 Å². The van der Waals surface area contributed by atoms with Crippen molar-refractivity contribution in [2.75, 3.05) is 0 Å². The van der Waals surface area contributed by atoms with Crippen LogP contribution >= 0.6 is 0 Å². The van der Waals surface area contributed by atoms with Crippen LogP contribution in [-0.2, 0) is 0 Å². The molecule has 0 unspecified atom stereocenters. The normalized spacial score (nSPS) is 13.4. The highest BCUT2D eigenvalue weighted by Crippen LogP contribution is 2.22. The maximum Gasteiger partial charge on any atom is 0.0783 e. The maximum absolute atomic E-state index is 9.70. The first-order valence-corrected chi connectivity index (χ1v) is 4.49. The summed E-state index contributed by atoms with van der Waals surface area (Å²) in [6.45, 7) is 3.37. The lowest BCUT2D eigenvalue weighted by molar-refractivity contribution is 0.0517. The second-order valence-electron chi connectivity index (χ2n) is 3.90. The molecule has 74 valence electrons. The Morgan fingerprint density at radius 3 is 2.21 bits per heavy atom. The van der Waals surface area contributed by atoms with Crippen LogP contribution < -0.4 is 5.73 Å². The van der Waals surface area contributed by atoms with Gasteiger partial charge in [0.25, 0.3) is 0 Å². The number of hydrogen-bond donors (Lipinski definition) is 2. The lowest BCUT2D eigenvalue weighted by Crippen LogP contribution is -2.34. The van der Waals surface area contributed by atoms with E-state index >= 15 is 0 Å². The van der Waals surface area contributed by atoms with E-state index in [9.17, 15) is 5.11 Å². The van der Waals surface area contributed by atoms with E-state index in [1.807, 2.05) is 24.3 Å². The monoisotopic (exact) mass is 189 g/mol. The summed E-state index contributed by atoms with van der Waals surface area (Å²) < 4.78 is 0. The molecule has 0 aliphatic carbocycles. The SMILES string of the molecule is C#Cc1ccc([C@H](N)C(C)(C)O)cc1. The van der Waals surface area contributed by atoms with Crippen LogP contribution in [0.1, 0.15) is 31.0 Å². The average molecular weight is 189 g/mol. The molecule has 0 heterocycles. The number of nitrogens with two attached hydrogens (primary N) is 1. The minimum Gasteiger partial charge on any atom is -0.388 e. The van der Waals surface area contributed by atoms with E-state index in [1.54, 1.807) is 13.8 Å². The minimum absolute atomic E-state index is 0.394. The highest BCUT2D eigenvalue weighted by molar-refractivity contribution is 5.35. The molecule has 2 nitrogen and oxygen atoms in total. The molecule has 0 spiro atoms. The van der Waals surface area contributed by atoms with Crippen molar-refractivity contribution in [2.45, 2.75) is 25.5 Å². The van der Waals surface area contributed by atoms with Crippen LogP contribution in [-0.4, -0.2) is 10.7 Å². The third kappa shape index (κ3) is 2.35. The zero-order chi connectivity index (χ0) is 10.8. The van der Waals surface area contributed by atoms with E-state index in [0.29, 0.717) is 0 Å². The van der Waals surface area contributed by atoms with E-state index in [0.717, 1.165) is 11.1 Å². The molecule has 0 aliphatic heterocycles. The number of hydrogen-bond acceptors (Lipinski definition) is 2. The number of aliphatic hydroxyl groups is 1. The molecule has 0 saturated heterocycles. The van der Waals surface area contributed by atoms with Gasteiger partial charge in [-0.15, -0.1) is 6.42 Å². The van der Waals surface area contributed by atoms with Crippen molar-refractivity contribution in [3.05, 3.63) is 35.4 Å². The van der Waals surface area contributed by atoms with E-state index in [4.69, 9.17) is 12.2 Å². The first-order chi connectivity index (χ1) is 6.45. The molecule has 0 aromatic heterocycles. The number of terminal acetylenes is 1. The fourth-order valence-corrected chi connectivity index (χ4v) is 1.19. The van der Waals surface area contributed by atoms with Crippen molar-refractivity contribution >= 4 is 0 Å². The Kier molecular flexibility index (Phi) is 2.95. The van der Waals surface area contributed by atoms with Gasteiger partial charge in [0.05, 0.1) is 11.6 Å². The Bertz CT molecular complexity index is 340. The lowest BCUT2D eigenvalue weighted by Gasteiger charge is -2.25. The van der Waals surface area contributed by atoms with Crippen LogP contribution in [0, 0.1) is 12.3 Å². The van der Waals surface area contributed by atoms with Gasteiger partial charge in [0, 0.05) is 5.56 Å². The van der Waals surface area contributed by atoms with Gasteiger partial charge < -0.3 is 10.8 Å². The van der Waals surface area contributed by atoms with Crippen LogP contribution in [0.25, 0.3) is 0 Å². The molecule has 0 aliphatic rings. The molecule has 0 bridgehead atoms. The highest BCUT2D eigenvalue weighted by atomic mass is 16.3. The van der Waals surface area contributed by atoms with Gasteiger partial charge in [0.15, 0.2) is 0 Å². The molecule has 0 radical (unpaired) electrons. The zero-order valence-corrected chi connectivity index (χ0v) is 8.49. The quantitative estimate of drug-likeness (QED) is 0.691. The van der Waals surface area contributed by atoms with Crippen molar-refractivity contribution in [3.8, 4) is 12.3 Å². The fourth-order valence-electron chi connectivity index (χ4n) is 1.19. The first kappa shape index (κ1) is 10.8. The lowest BCUT2D eigenvalue weighted by atomic mass is 9.92. The average Bonchev–Trinajstić information content (AvgIpc) is 2.15. The van der Waals surface area contributed by atoms with Gasteiger partial charge in [0.1, 0.15) is 0 Å². The molecular formula is C12H15NO. The van der Waals surface area contributed by atoms with E-state index < -0.39 is 11.6 Å². The second-order valence-corrected chi connectivity index (χ2v) is 3.90. The summed E-state index contributed by atoms with van der Waals surface area (Å²) in [6.07, 6.45) is 5.23. The molecule has 14 heavy (non-hydrogen) atoms. The Labute approximate surface area is 84.8 Å². The van der Waals surface area contributed by atoms with Crippen LogP contribution in [0.4, 0.5) is 0 Å². The third-order valence-electron chi connectivity index (χ3n) is 2.20. The molecular weight excluding hydrogens is 174 g/mol. The first-order valence-electron chi connectivity index (χ1n) is 4.49. The topological polar surface area (TPSA) is 46.2 Å². The van der Waals surface area contributed by atoms with E-state index in [2.05, 4.69) is 5.92 Å². The molecule has 1 atom stereocenters. The Hall–Kier alpha value is -1.30. The summed E-state index contributed by atoms with van der Waals surface area (Å²) >= 11 is 0. The third-order valence-corrected chi connectivity index (χ3v) is 2.20. The van der Waals surface area contributed by atoms with Gasteiger partial charge in [-0.25, -0.2) is 0 Å². The molecule has 0 amide bonds. The van der Waals surface area contributed by atoms with Gasteiger partial charge in [-0.05, 0) is 31.5 Å². The van der Waals surface area contributed by atoms with Gasteiger partial charge in [0.2, 0.25) is 0 Å². The number of rotatable bonds is 2. The summed E-state index contributed by atoms with van der Waals surface area (Å²) in [7, 11) is 0. The van der Waals surface area contributed by atoms with E-state index in [1.165, 1.54) is 0 Å². The van der Waals surface area contributed by atoms with Crippen molar-refractivity contribution in [2.24, 2.45) is 5.73 Å². The largest absolute Gasteiger partial charge is 0.388 e. The molecule has 0 fully saturated rings. The van der Waals surface area contributed by atoms with Crippen LogP contribution in [0.5, 0.6) is 0 Å². The fraction of sp³-hybridized carbons (Fsp3) is 0.333. The molecule has 1 rings (SSSR count). The molecule has 2 heteroatoms. The summed E-state index contributed by atoms with van der Waals surface area (Å²) in [5.41, 5.74) is 6.64. The molecule has 0 saturated carbocycles. The zero-order valence-electron chi connectivity index (χ0n) is 8.49. The van der Waals surface area contributed by atoms with Crippen molar-refractivity contribution < 1.29 is 5.11 Å².